The molecule has 82 valence electrons. The summed E-state index contributed by atoms with van der Waals surface area (Å²) in [5.74, 6) is 0. The molecular weight excluding hydrogens is 233 g/mol. The van der Waals surface area contributed by atoms with Gasteiger partial charge in [0.25, 0.3) is 0 Å². The fraction of sp³-hybridized carbons (Fsp3) is 0.455. The quantitative estimate of drug-likeness (QED) is 0.823. The zero-order valence-electron chi connectivity index (χ0n) is 8.45. The molecule has 2 nitrogen and oxygen atoms in total. The van der Waals surface area contributed by atoms with E-state index in [-0.39, 0.29) is 12.1 Å². The molecule has 2 atom stereocenters. The van der Waals surface area contributed by atoms with Crippen LogP contribution in [0.25, 0.3) is 0 Å². The summed E-state index contributed by atoms with van der Waals surface area (Å²) < 4.78 is 0. The van der Waals surface area contributed by atoms with Gasteiger partial charge in [-0.25, -0.2) is 0 Å². The molecule has 0 saturated carbocycles. The molecule has 0 aliphatic carbocycles. The highest BCUT2D eigenvalue weighted by atomic mass is 35.5. The van der Waals surface area contributed by atoms with Gasteiger partial charge in [-0.15, -0.1) is 0 Å². The van der Waals surface area contributed by atoms with Crippen molar-refractivity contribution in [1.29, 1.82) is 0 Å². The van der Waals surface area contributed by atoms with Crippen LogP contribution >= 0.6 is 23.2 Å². The van der Waals surface area contributed by atoms with Crippen LogP contribution in [-0.2, 0) is 0 Å². The Morgan fingerprint density at radius 2 is 2.13 bits per heavy atom. The minimum Gasteiger partial charge on any atom is -0.391 e. The molecular formula is C11H13Cl2NO. The molecule has 2 rings (SSSR count). The second-order valence-electron chi connectivity index (χ2n) is 3.95. The lowest BCUT2D eigenvalue weighted by Gasteiger charge is -2.23. The molecule has 0 amide bonds. The number of hydrogen-bond acceptors (Lipinski definition) is 2. The van der Waals surface area contributed by atoms with E-state index in [1.165, 1.54) is 0 Å². The normalized spacial score (nSPS) is 27.2. The molecule has 0 spiro atoms. The molecule has 0 radical (unpaired) electrons. The predicted octanol–water partition coefficient (Wildman–Crippen LogP) is 2.73. The molecule has 1 aromatic rings. The van der Waals surface area contributed by atoms with E-state index in [0.717, 1.165) is 18.5 Å². The van der Waals surface area contributed by atoms with Gasteiger partial charge in [-0.05, 0) is 31.2 Å². The zero-order valence-corrected chi connectivity index (χ0v) is 9.96. The Morgan fingerprint density at radius 1 is 1.40 bits per heavy atom. The van der Waals surface area contributed by atoms with E-state index >= 15 is 0 Å². The molecule has 1 N–H and O–H groups in total. The molecule has 15 heavy (non-hydrogen) atoms. The summed E-state index contributed by atoms with van der Waals surface area (Å²) in [6.07, 6.45) is 0.453. The van der Waals surface area contributed by atoms with Gasteiger partial charge in [0.1, 0.15) is 0 Å². The first-order valence-electron chi connectivity index (χ1n) is 4.93. The lowest BCUT2D eigenvalue weighted by Crippen LogP contribution is -2.23. The third kappa shape index (κ3) is 2.13. The molecule has 0 aromatic heterocycles. The monoisotopic (exact) mass is 245 g/mol. The van der Waals surface area contributed by atoms with Gasteiger partial charge < -0.3 is 5.11 Å². The Balaban J connectivity index is 2.36. The van der Waals surface area contributed by atoms with E-state index in [1.54, 1.807) is 6.07 Å². The second-order valence-corrected chi connectivity index (χ2v) is 4.79. The molecule has 4 heteroatoms. The number of likely N-dealkylation sites (N-methyl/N-ethyl adjacent to an activating group) is 1. The van der Waals surface area contributed by atoms with Crippen molar-refractivity contribution in [3.63, 3.8) is 0 Å². The largest absolute Gasteiger partial charge is 0.391 e. The first-order valence-corrected chi connectivity index (χ1v) is 5.68. The fourth-order valence-electron chi connectivity index (χ4n) is 2.11. The first-order chi connectivity index (χ1) is 7.09. The summed E-state index contributed by atoms with van der Waals surface area (Å²) in [5.41, 5.74) is 0.952. The minimum atomic E-state index is -0.339. The summed E-state index contributed by atoms with van der Waals surface area (Å²) in [4.78, 5) is 2.11. The van der Waals surface area contributed by atoms with Gasteiger partial charge in [0.05, 0.1) is 12.1 Å². The van der Waals surface area contributed by atoms with Crippen molar-refractivity contribution in [2.45, 2.75) is 18.6 Å². The van der Waals surface area contributed by atoms with Gasteiger partial charge in [0.2, 0.25) is 0 Å². The second kappa shape index (κ2) is 4.30. The average Bonchev–Trinajstić information content (AvgIpc) is 2.48. The summed E-state index contributed by atoms with van der Waals surface area (Å²) in [5, 5.41) is 11.1. The number of aliphatic hydroxyl groups is 1. The van der Waals surface area contributed by atoms with E-state index in [2.05, 4.69) is 4.90 Å². The maximum absolute atomic E-state index is 9.87. The Kier molecular flexibility index (Phi) is 3.21. The van der Waals surface area contributed by atoms with Crippen LogP contribution in [0.4, 0.5) is 0 Å². The zero-order chi connectivity index (χ0) is 11.0. The van der Waals surface area contributed by atoms with Crippen LogP contribution in [0.3, 0.4) is 0 Å². The van der Waals surface area contributed by atoms with E-state index in [9.17, 15) is 5.11 Å². The van der Waals surface area contributed by atoms with Gasteiger partial charge in [-0.1, -0.05) is 29.3 Å². The Morgan fingerprint density at radius 3 is 2.67 bits per heavy atom. The van der Waals surface area contributed by atoms with Crippen molar-refractivity contribution < 1.29 is 5.11 Å². The van der Waals surface area contributed by atoms with E-state index in [1.807, 2.05) is 19.2 Å². The molecule has 1 saturated heterocycles. The average molecular weight is 246 g/mol. The summed E-state index contributed by atoms with van der Waals surface area (Å²) >= 11 is 12.0. The number of aliphatic hydroxyl groups excluding tert-OH is 1. The van der Waals surface area contributed by atoms with Crippen molar-refractivity contribution in [3.05, 3.63) is 33.8 Å². The maximum Gasteiger partial charge on any atom is 0.0749 e. The predicted molar refractivity (Wildman–Crippen MR) is 62.5 cm³/mol. The smallest absolute Gasteiger partial charge is 0.0749 e. The molecule has 1 heterocycles. The van der Waals surface area contributed by atoms with Crippen LogP contribution < -0.4 is 0 Å². The topological polar surface area (TPSA) is 23.5 Å². The van der Waals surface area contributed by atoms with Crippen molar-refractivity contribution in [2.75, 3.05) is 13.6 Å². The van der Waals surface area contributed by atoms with Crippen LogP contribution in [0, 0.1) is 0 Å². The molecule has 0 bridgehead atoms. The first kappa shape index (κ1) is 11.2. The van der Waals surface area contributed by atoms with Gasteiger partial charge in [0.15, 0.2) is 0 Å². The van der Waals surface area contributed by atoms with Gasteiger partial charge in [0, 0.05) is 16.6 Å². The minimum absolute atomic E-state index is 0.00485. The lowest BCUT2D eigenvalue weighted by atomic mass is 10.0. The van der Waals surface area contributed by atoms with E-state index in [4.69, 9.17) is 23.2 Å². The van der Waals surface area contributed by atoms with E-state index < -0.39 is 0 Å². The van der Waals surface area contributed by atoms with Crippen LogP contribution in [-0.4, -0.2) is 29.7 Å². The van der Waals surface area contributed by atoms with Crippen LogP contribution in [0.1, 0.15) is 18.0 Å². The number of hydrogen-bond donors (Lipinski definition) is 1. The van der Waals surface area contributed by atoms with Crippen molar-refractivity contribution in [2.24, 2.45) is 0 Å². The highest BCUT2D eigenvalue weighted by Crippen LogP contribution is 2.35. The van der Waals surface area contributed by atoms with Crippen LogP contribution in [0.15, 0.2) is 18.2 Å². The number of nitrogens with zero attached hydrogens (tertiary/aromatic N) is 1. The van der Waals surface area contributed by atoms with Gasteiger partial charge >= 0.3 is 0 Å². The third-order valence-corrected chi connectivity index (χ3v) is 3.46. The maximum atomic E-state index is 9.87. The molecule has 1 fully saturated rings. The number of halogens is 2. The SMILES string of the molecule is CN1CCC(O)C1c1ccc(Cl)cc1Cl. The Hall–Kier alpha value is -0.280. The van der Waals surface area contributed by atoms with Gasteiger partial charge in [-0.3, -0.25) is 4.90 Å². The van der Waals surface area contributed by atoms with E-state index in [0.29, 0.717) is 10.0 Å². The molecule has 2 unspecified atom stereocenters. The molecule has 1 aliphatic heterocycles. The lowest BCUT2D eigenvalue weighted by molar-refractivity contribution is 0.128. The van der Waals surface area contributed by atoms with Crippen molar-refractivity contribution in [1.82, 2.24) is 4.90 Å². The number of rotatable bonds is 1. The number of likely N-dealkylation sites (tertiary alicyclic amines) is 1. The fourth-order valence-corrected chi connectivity index (χ4v) is 2.63. The van der Waals surface area contributed by atoms with Crippen LogP contribution in [0.5, 0.6) is 0 Å². The number of benzene rings is 1. The summed E-state index contributed by atoms with van der Waals surface area (Å²) in [6.45, 7) is 0.894. The summed E-state index contributed by atoms with van der Waals surface area (Å²) in [6, 6.07) is 5.41. The Labute approximate surface area is 99.4 Å². The standard InChI is InChI=1S/C11H13Cl2NO/c1-14-5-4-10(15)11(14)8-3-2-7(12)6-9(8)13/h2-3,6,10-11,15H,4-5H2,1H3. The molecule has 1 aliphatic rings. The molecule has 1 aromatic carbocycles. The van der Waals surface area contributed by atoms with Crippen molar-refractivity contribution >= 4 is 23.2 Å². The van der Waals surface area contributed by atoms with Crippen molar-refractivity contribution in [3.8, 4) is 0 Å². The Bertz CT molecular complexity index is 360. The van der Waals surface area contributed by atoms with Crippen LogP contribution in [0.2, 0.25) is 10.0 Å². The third-order valence-electron chi connectivity index (χ3n) is 2.90. The van der Waals surface area contributed by atoms with Gasteiger partial charge in [-0.2, -0.15) is 0 Å². The summed E-state index contributed by atoms with van der Waals surface area (Å²) in [7, 11) is 1.99. The highest BCUT2D eigenvalue weighted by molar-refractivity contribution is 6.35. The highest BCUT2D eigenvalue weighted by Gasteiger charge is 2.32.